The summed E-state index contributed by atoms with van der Waals surface area (Å²) in [6.07, 6.45) is 4.17. The molecule has 0 aliphatic heterocycles. The summed E-state index contributed by atoms with van der Waals surface area (Å²) in [6.45, 7) is 4.61. The number of nitrogens with zero attached hydrogens (tertiary/aromatic N) is 4. The molecule has 0 bridgehead atoms. The number of aryl methyl sites for hydroxylation is 1. The summed E-state index contributed by atoms with van der Waals surface area (Å²) in [7, 11) is 1.83. The van der Waals surface area contributed by atoms with Gasteiger partial charge in [-0.3, -0.25) is 9.48 Å². The molecule has 0 aromatic carbocycles. The molecule has 6 nitrogen and oxygen atoms in total. The molecule has 0 saturated carbocycles. The molecule has 102 valence electrons. The molecule has 2 aromatic rings. The summed E-state index contributed by atoms with van der Waals surface area (Å²) in [6, 6.07) is 0. The predicted molar refractivity (Wildman–Crippen MR) is 74.9 cm³/mol. The molecule has 2 aromatic heterocycles. The molecular weight excluding hydrogens is 262 g/mol. The van der Waals surface area contributed by atoms with Gasteiger partial charge >= 0.3 is 0 Å². The minimum Gasteiger partial charge on any atom is -0.355 e. The number of amides is 1. The Labute approximate surface area is 116 Å². The molecule has 1 N–H and O–H groups in total. The highest BCUT2D eigenvalue weighted by Gasteiger charge is 2.17. The van der Waals surface area contributed by atoms with Gasteiger partial charge in [0, 0.05) is 13.6 Å². The van der Waals surface area contributed by atoms with E-state index in [0.29, 0.717) is 6.54 Å². The Hall–Kier alpha value is -1.63. The average Bonchev–Trinajstić information content (AvgIpc) is 2.79. The summed E-state index contributed by atoms with van der Waals surface area (Å²) in [5.74, 6) is 0.0301. The van der Waals surface area contributed by atoms with E-state index in [2.05, 4.69) is 20.4 Å². The van der Waals surface area contributed by atoms with Crippen molar-refractivity contribution in [3.05, 3.63) is 12.5 Å². The smallest absolute Gasteiger partial charge is 0.233 e. The fourth-order valence-electron chi connectivity index (χ4n) is 1.65. The van der Waals surface area contributed by atoms with Crippen molar-refractivity contribution in [2.24, 2.45) is 7.05 Å². The highest BCUT2D eigenvalue weighted by molar-refractivity contribution is 8.00. The van der Waals surface area contributed by atoms with Crippen LogP contribution in [0, 0.1) is 0 Å². The zero-order chi connectivity index (χ0) is 13.8. The van der Waals surface area contributed by atoms with E-state index < -0.39 is 0 Å². The van der Waals surface area contributed by atoms with Gasteiger partial charge in [-0.05, 0) is 13.3 Å². The molecule has 0 fully saturated rings. The van der Waals surface area contributed by atoms with Crippen molar-refractivity contribution in [1.82, 2.24) is 25.1 Å². The Morgan fingerprint density at radius 3 is 3.05 bits per heavy atom. The van der Waals surface area contributed by atoms with Crippen LogP contribution in [0.2, 0.25) is 0 Å². The first-order valence-electron chi connectivity index (χ1n) is 6.20. The topological polar surface area (TPSA) is 72.7 Å². The zero-order valence-electron chi connectivity index (χ0n) is 11.3. The summed E-state index contributed by atoms with van der Waals surface area (Å²) < 4.78 is 1.70. The van der Waals surface area contributed by atoms with Gasteiger partial charge in [0.2, 0.25) is 5.91 Å². The second-order valence-corrected chi connectivity index (χ2v) is 5.56. The predicted octanol–water partition coefficient (Wildman–Crippen LogP) is 1.37. The van der Waals surface area contributed by atoms with Crippen LogP contribution in [0.15, 0.2) is 17.6 Å². The molecule has 2 rings (SSSR count). The molecule has 1 unspecified atom stereocenters. The second kappa shape index (κ2) is 6.01. The average molecular weight is 279 g/mol. The number of hydrogen-bond donors (Lipinski definition) is 1. The van der Waals surface area contributed by atoms with E-state index in [4.69, 9.17) is 0 Å². The van der Waals surface area contributed by atoms with Crippen LogP contribution in [-0.2, 0) is 11.8 Å². The molecule has 0 aliphatic carbocycles. The van der Waals surface area contributed by atoms with Gasteiger partial charge in [0.15, 0.2) is 5.65 Å². The van der Waals surface area contributed by atoms with Crippen LogP contribution in [-0.4, -0.2) is 37.5 Å². The van der Waals surface area contributed by atoms with Gasteiger partial charge in [-0.15, -0.1) is 0 Å². The summed E-state index contributed by atoms with van der Waals surface area (Å²) in [4.78, 5) is 20.3. The fourth-order valence-corrected chi connectivity index (χ4v) is 2.55. The zero-order valence-corrected chi connectivity index (χ0v) is 12.1. The van der Waals surface area contributed by atoms with E-state index in [1.165, 1.54) is 18.1 Å². The van der Waals surface area contributed by atoms with Gasteiger partial charge < -0.3 is 5.32 Å². The van der Waals surface area contributed by atoms with Gasteiger partial charge in [0.1, 0.15) is 11.4 Å². The largest absolute Gasteiger partial charge is 0.355 e. The highest BCUT2D eigenvalue weighted by Crippen LogP contribution is 2.27. The van der Waals surface area contributed by atoms with Gasteiger partial charge in [0.25, 0.3) is 0 Å². The van der Waals surface area contributed by atoms with E-state index in [-0.39, 0.29) is 11.2 Å². The minimum atomic E-state index is -0.190. The molecule has 1 atom stereocenters. The maximum absolute atomic E-state index is 11.9. The van der Waals surface area contributed by atoms with E-state index in [9.17, 15) is 4.79 Å². The SMILES string of the molecule is CCCNC(=O)C(C)Sc1ncnc2c1cnn2C. The lowest BCUT2D eigenvalue weighted by atomic mass is 10.4. The van der Waals surface area contributed by atoms with Crippen LogP contribution in [0.3, 0.4) is 0 Å². The quantitative estimate of drug-likeness (QED) is 0.661. The fraction of sp³-hybridized carbons (Fsp3) is 0.500. The van der Waals surface area contributed by atoms with Crippen molar-refractivity contribution >= 4 is 28.7 Å². The second-order valence-electron chi connectivity index (χ2n) is 4.24. The number of thioether (sulfide) groups is 1. The van der Waals surface area contributed by atoms with Crippen LogP contribution in [0.4, 0.5) is 0 Å². The van der Waals surface area contributed by atoms with Crippen LogP contribution in [0.5, 0.6) is 0 Å². The molecule has 19 heavy (non-hydrogen) atoms. The first-order chi connectivity index (χ1) is 9.13. The first kappa shape index (κ1) is 13.8. The van der Waals surface area contributed by atoms with Crippen LogP contribution >= 0.6 is 11.8 Å². The Bertz CT molecular complexity index is 583. The monoisotopic (exact) mass is 279 g/mol. The third-order valence-corrected chi connectivity index (χ3v) is 3.82. The lowest BCUT2D eigenvalue weighted by Crippen LogP contribution is -2.31. The summed E-state index contributed by atoms with van der Waals surface area (Å²) >= 11 is 1.43. The number of hydrogen-bond acceptors (Lipinski definition) is 5. The normalized spacial score (nSPS) is 12.6. The maximum atomic E-state index is 11.9. The van der Waals surface area contributed by atoms with Gasteiger partial charge in [-0.2, -0.15) is 5.10 Å². The molecule has 0 radical (unpaired) electrons. The number of nitrogens with one attached hydrogen (secondary N) is 1. The van der Waals surface area contributed by atoms with E-state index >= 15 is 0 Å². The Kier molecular flexibility index (Phi) is 4.36. The first-order valence-corrected chi connectivity index (χ1v) is 7.08. The minimum absolute atomic E-state index is 0.0301. The molecule has 0 spiro atoms. The Morgan fingerprint density at radius 2 is 2.32 bits per heavy atom. The molecule has 2 heterocycles. The van der Waals surface area contributed by atoms with Crippen molar-refractivity contribution < 1.29 is 4.79 Å². The third-order valence-electron chi connectivity index (χ3n) is 2.70. The Balaban J connectivity index is 2.15. The van der Waals surface area contributed by atoms with Crippen LogP contribution in [0.25, 0.3) is 11.0 Å². The van der Waals surface area contributed by atoms with E-state index in [0.717, 1.165) is 22.5 Å². The molecular formula is C12H17N5OS. The van der Waals surface area contributed by atoms with Crippen LogP contribution in [0.1, 0.15) is 20.3 Å². The summed E-state index contributed by atoms with van der Waals surface area (Å²) in [5, 5.41) is 8.52. The number of rotatable bonds is 5. The van der Waals surface area contributed by atoms with E-state index in [1.54, 1.807) is 10.9 Å². The van der Waals surface area contributed by atoms with Crippen molar-refractivity contribution in [1.29, 1.82) is 0 Å². The van der Waals surface area contributed by atoms with Crippen molar-refractivity contribution in [3.8, 4) is 0 Å². The van der Waals surface area contributed by atoms with Crippen molar-refractivity contribution in [3.63, 3.8) is 0 Å². The lowest BCUT2D eigenvalue weighted by Gasteiger charge is -2.11. The molecule has 0 aliphatic rings. The number of aromatic nitrogens is 4. The highest BCUT2D eigenvalue weighted by atomic mass is 32.2. The van der Waals surface area contributed by atoms with Gasteiger partial charge in [-0.1, -0.05) is 18.7 Å². The number of carbonyl (C=O) groups is 1. The molecule has 1 amide bonds. The van der Waals surface area contributed by atoms with Crippen LogP contribution < -0.4 is 5.32 Å². The molecule has 7 heteroatoms. The number of fused-ring (bicyclic) bond motifs is 1. The Morgan fingerprint density at radius 1 is 1.53 bits per heavy atom. The van der Waals surface area contributed by atoms with Crippen molar-refractivity contribution in [2.45, 2.75) is 30.5 Å². The maximum Gasteiger partial charge on any atom is 0.233 e. The summed E-state index contributed by atoms with van der Waals surface area (Å²) in [5.41, 5.74) is 0.777. The van der Waals surface area contributed by atoms with E-state index in [1.807, 2.05) is 20.9 Å². The van der Waals surface area contributed by atoms with Crippen molar-refractivity contribution in [2.75, 3.05) is 6.54 Å². The third kappa shape index (κ3) is 3.04. The van der Waals surface area contributed by atoms with Gasteiger partial charge in [-0.25, -0.2) is 9.97 Å². The van der Waals surface area contributed by atoms with Gasteiger partial charge in [0.05, 0.1) is 16.8 Å². The standard InChI is InChI=1S/C12H17N5OS/c1-4-5-13-11(18)8(2)19-12-9-6-16-17(3)10(9)14-7-15-12/h6-8H,4-5H2,1-3H3,(H,13,18). The molecule has 0 saturated heterocycles. The lowest BCUT2D eigenvalue weighted by molar-refractivity contribution is -0.120. The number of carbonyl (C=O) groups excluding carboxylic acids is 1.